The lowest BCUT2D eigenvalue weighted by atomic mass is 10.2. The molecule has 0 saturated carbocycles. The van der Waals surface area contributed by atoms with Crippen LogP contribution in [0.1, 0.15) is 24.5 Å². The number of hydrogen-bond acceptors (Lipinski definition) is 3. The topological polar surface area (TPSA) is 57.7 Å². The van der Waals surface area contributed by atoms with Crippen molar-refractivity contribution in [2.24, 2.45) is 0 Å². The van der Waals surface area contributed by atoms with Crippen molar-refractivity contribution in [3.63, 3.8) is 0 Å². The van der Waals surface area contributed by atoms with Crippen molar-refractivity contribution in [1.29, 1.82) is 0 Å². The van der Waals surface area contributed by atoms with Gasteiger partial charge in [-0.3, -0.25) is 4.79 Å². The van der Waals surface area contributed by atoms with Gasteiger partial charge in [0.2, 0.25) is 15.9 Å². The Hall–Kier alpha value is -2.18. The summed E-state index contributed by atoms with van der Waals surface area (Å²) >= 11 is 0. The zero-order chi connectivity index (χ0) is 19.0. The number of amides is 1. The molecule has 5 nitrogen and oxygen atoms in total. The lowest BCUT2D eigenvalue weighted by molar-refractivity contribution is -0.131. The van der Waals surface area contributed by atoms with Crippen LogP contribution in [0.2, 0.25) is 0 Å². The maximum atomic E-state index is 12.6. The van der Waals surface area contributed by atoms with Crippen LogP contribution in [0.3, 0.4) is 0 Å². The Morgan fingerprint density at radius 1 is 0.885 bits per heavy atom. The highest BCUT2D eigenvalue weighted by atomic mass is 32.2. The summed E-state index contributed by atoms with van der Waals surface area (Å²) < 4.78 is 25.5. The first-order valence-corrected chi connectivity index (χ1v) is 10.6. The minimum atomic E-state index is -3.39. The average Bonchev–Trinajstić information content (AvgIpc) is 2.63. The van der Waals surface area contributed by atoms with Gasteiger partial charge in [0.05, 0.1) is 6.26 Å². The number of sulfonamides is 1. The van der Waals surface area contributed by atoms with E-state index in [0.29, 0.717) is 13.1 Å². The fraction of sp³-hybridized carbons (Fsp3) is 0.350. The van der Waals surface area contributed by atoms with Gasteiger partial charge in [-0.15, -0.1) is 0 Å². The lowest BCUT2D eigenvalue weighted by Gasteiger charge is -2.24. The number of nitrogens with zero attached hydrogens (tertiary/aromatic N) is 2. The molecule has 0 radical (unpaired) electrons. The van der Waals surface area contributed by atoms with E-state index in [1.807, 2.05) is 67.6 Å². The summed E-state index contributed by atoms with van der Waals surface area (Å²) in [6.45, 7) is 3.51. The first-order chi connectivity index (χ1) is 12.4. The highest BCUT2D eigenvalue weighted by Crippen LogP contribution is 2.11. The lowest BCUT2D eigenvalue weighted by Crippen LogP contribution is -2.36. The number of rotatable bonds is 9. The van der Waals surface area contributed by atoms with Gasteiger partial charge in [-0.05, 0) is 18.1 Å². The van der Waals surface area contributed by atoms with Gasteiger partial charge in [-0.1, -0.05) is 60.7 Å². The second kappa shape index (κ2) is 9.50. The van der Waals surface area contributed by atoms with E-state index in [2.05, 4.69) is 0 Å². The second-order valence-electron chi connectivity index (χ2n) is 6.23. The SMILES string of the molecule is CCN(Cc1ccccc1)C(=O)CCN(Cc1ccccc1)S(C)(=O)=O. The third-order valence-corrected chi connectivity index (χ3v) is 5.45. The van der Waals surface area contributed by atoms with E-state index in [1.165, 1.54) is 10.6 Å². The molecule has 6 heteroatoms. The molecule has 0 bridgehead atoms. The van der Waals surface area contributed by atoms with E-state index in [1.54, 1.807) is 4.90 Å². The highest BCUT2D eigenvalue weighted by Gasteiger charge is 2.20. The number of carbonyl (C=O) groups excluding carboxylic acids is 1. The summed E-state index contributed by atoms with van der Waals surface area (Å²) in [7, 11) is -3.39. The largest absolute Gasteiger partial charge is 0.339 e. The molecule has 0 aliphatic carbocycles. The first kappa shape index (κ1) is 20.1. The standard InChI is InChI=1S/C20H26N2O3S/c1-3-21(16-18-10-6-4-7-11-18)20(23)14-15-22(26(2,24)25)17-19-12-8-5-9-13-19/h4-13H,3,14-17H2,1-2H3. The van der Waals surface area contributed by atoms with Crippen LogP contribution < -0.4 is 0 Å². The average molecular weight is 375 g/mol. The molecule has 0 unspecified atom stereocenters. The van der Waals surface area contributed by atoms with Gasteiger partial charge in [0, 0.05) is 32.6 Å². The molecule has 2 aromatic rings. The minimum Gasteiger partial charge on any atom is -0.339 e. The van der Waals surface area contributed by atoms with Crippen LogP contribution in [0.25, 0.3) is 0 Å². The van der Waals surface area contributed by atoms with Crippen LogP contribution in [0.5, 0.6) is 0 Å². The molecule has 1 amide bonds. The van der Waals surface area contributed by atoms with Crippen molar-refractivity contribution in [1.82, 2.24) is 9.21 Å². The molecule has 0 aromatic heterocycles. The molecular weight excluding hydrogens is 348 g/mol. The summed E-state index contributed by atoms with van der Waals surface area (Å²) in [5.41, 5.74) is 1.97. The zero-order valence-corrected chi connectivity index (χ0v) is 16.2. The highest BCUT2D eigenvalue weighted by molar-refractivity contribution is 7.88. The quantitative estimate of drug-likeness (QED) is 0.678. The van der Waals surface area contributed by atoms with Gasteiger partial charge in [-0.25, -0.2) is 8.42 Å². The maximum absolute atomic E-state index is 12.6. The minimum absolute atomic E-state index is 0.0435. The smallest absolute Gasteiger partial charge is 0.224 e. The normalized spacial score (nSPS) is 11.5. The van der Waals surface area contributed by atoms with Crippen LogP contribution in [0.4, 0.5) is 0 Å². The maximum Gasteiger partial charge on any atom is 0.224 e. The van der Waals surface area contributed by atoms with Crippen molar-refractivity contribution < 1.29 is 13.2 Å². The molecule has 0 fully saturated rings. The van der Waals surface area contributed by atoms with Crippen LogP contribution >= 0.6 is 0 Å². The van der Waals surface area contributed by atoms with Crippen molar-refractivity contribution in [3.05, 3.63) is 71.8 Å². The molecule has 0 spiro atoms. The third kappa shape index (κ3) is 6.28. The van der Waals surface area contributed by atoms with Gasteiger partial charge in [0.1, 0.15) is 0 Å². The molecule has 26 heavy (non-hydrogen) atoms. The Morgan fingerprint density at radius 2 is 1.38 bits per heavy atom. The third-order valence-electron chi connectivity index (χ3n) is 4.20. The Kier molecular flexibility index (Phi) is 7.36. The van der Waals surface area contributed by atoms with Gasteiger partial charge < -0.3 is 4.90 Å². The molecule has 0 aliphatic heterocycles. The Bertz CT molecular complexity index is 792. The Morgan fingerprint density at radius 3 is 1.85 bits per heavy atom. The summed E-state index contributed by atoms with van der Waals surface area (Å²) in [5, 5.41) is 0. The van der Waals surface area contributed by atoms with Crippen LogP contribution in [-0.4, -0.2) is 42.9 Å². The van der Waals surface area contributed by atoms with E-state index in [-0.39, 0.29) is 25.4 Å². The predicted molar refractivity (Wildman–Crippen MR) is 104 cm³/mol. The Labute approximate surface area is 156 Å². The van der Waals surface area contributed by atoms with Gasteiger partial charge >= 0.3 is 0 Å². The van der Waals surface area contributed by atoms with Crippen molar-refractivity contribution in [2.45, 2.75) is 26.4 Å². The molecule has 2 rings (SSSR count). The molecule has 140 valence electrons. The number of benzene rings is 2. The predicted octanol–water partition coefficient (Wildman–Crippen LogP) is 2.89. The monoisotopic (exact) mass is 374 g/mol. The zero-order valence-electron chi connectivity index (χ0n) is 15.3. The summed E-state index contributed by atoms with van der Waals surface area (Å²) in [6, 6.07) is 19.2. The molecule has 0 N–H and O–H groups in total. The molecule has 0 aliphatic rings. The Balaban J connectivity index is 1.99. The van der Waals surface area contributed by atoms with Crippen LogP contribution in [-0.2, 0) is 27.9 Å². The fourth-order valence-electron chi connectivity index (χ4n) is 2.71. The van der Waals surface area contributed by atoms with E-state index < -0.39 is 10.0 Å². The van der Waals surface area contributed by atoms with E-state index in [4.69, 9.17) is 0 Å². The molecule has 0 atom stereocenters. The first-order valence-electron chi connectivity index (χ1n) is 8.71. The van der Waals surface area contributed by atoms with Crippen LogP contribution in [0, 0.1) is 0 Å². The van der Waals surface area contributed by atoms with E-state index >= 15 is 0 Å². The second-order valence-corrected chi connectivity index (χ2v) is 8.21. The summed E-state index contributed by atoms with van der Waals surface area (Å²) in [6.07, 6.45) is 1.35. The number of carbonyl (C=O) groups is 1. The molecular formula is C20H26N2O3S. The van der Waals surface area contributed by atoms with Crippen LogP contribution in [0.15, 0.2) is 60.7 Å². The van der Waals surface area contributed by atoms with Crippen molar-refractivity contribution in [3.8, 4) is 0 Å². The van der Waals surface area contributed by atoms with E-state index in [9.17, 15) is 13.2 Å². The van der Waals surface area contributed by atoms with Crippen molar-refractivity contribution in [2.75, 3.05) is 19.3 Å². The van der Waals surface area contributed by atoms with Crippen molar-refractivity contribution >= 4 is 15.9 Å². The number of hydrogen-bond donors (Lipinski definition) is 0. The molecule has 0 saturated heterocycles. The van der Waals surface area contributed by atoms with E-state index in [0.717, 1.165) is 11.1 Å². The van der Waals surface area contributed by atoms with Gasteiger partial charge in [-0.2, -0.15) is 4.31 Å². The summed E-state index contributed by atoms with van der Waals surface area (Å²) in [5.74, 6) is -0.0435. The molecule has 2 aromatic carbocycles. The summed E-state index contributed by atoms with van der Waals surface area (Å²) in [4.78, 5) is 14.3. The molecule has 0 heterocycles. The van der Waals surface area contributed by atoms with Gasteiger partial charge in [0.15, 0.2) is 0 Å². The fourth-order valence-corrected chi connectivity index (χ4v) is 3.51. The van der Waals surface area contributed by atoms with Gasteiger partial charge in [0.25, 0.3) is 0 Å².